The van der Waals surface area contributed by atoms with E-state index in [1.54, 1.807) is 12.1 Å². The van der Waals surface area contributed by atoms with Crippen molar-refractivity contribution in [2.24, 2.45) is 0 Å². The zero-order valence-electron chi connectivity index (χ0n) is 8.93. The van der Waals surface area contributed by atoms with Gasteiger partial charge in [0.25, 0.3) is 0 Å². The largest absolute Gasteiger partial charge is 0.454 e. The van der Waals surface area contributed by atoms with Gasteiger partial charge in [0.05, 0.1) is 0 Å². The second-order valence-electron chi connectivity index (χ2n) is 4.07. The predicted octanol–water partition coefficient (Wildman–Crippen LogP) is 3.53. The molecule has 0 spiro atoms. The lowest BCUT2D eigenvalue weighted by Crippen LogP contribution is -2.39. The molecule has 16 heavy (non-hydrogen) atoms. The number of rotatable bonds is 2. The Morgan fingerprint density at radius 3 is 2.62 bits per heavy atom. The van der Waals surface area contributed by atoms with E-state index in [2.05, 4.69) is 15.9 Å². The fraction of sp³-hybridized carbons (Fsp3) is 0.417. The van der Waals surface area contributed by atoms with Crippen LogP contribution < -0.4 is 0 Å². The van der Waals surface area contributed by atoms with Crippen molar-refractivity contribution in [1.29, 1.82) is 0 Å². The molecule has 2 nitrogen and oxygen atoms in total. The van der Waals surface area contributed by atoms with E-state index in [0.29, 0.717) is 22.9 Å². The second kappa shape index (κ2) is 4.17. The zero-order valence-corrected chi connectivity index (χ0v) is 10.5. The molecule has 1 aliphatic rings. The van der Waals surface area contributed by atoms with Crippen molar-refractivity contribution in [2.45, 2.75) is 31.8 Å². The van der Waals surface area contributed by atoms with Crippen LogP contribution in [0.25, 0.3) is 0 Å². The summed E-state index contributed by atoms with van der Waals surface area (Å²) in [6, 6.07) is 4.85. The third-order valence-corrected chi connectivity index (χ3v) is 3.42. The maximum atomic E-state index is 13.8. The Hall–Kier alpha value is -0.900. The summed E-state index contributed by atoms with van der Waals surface area (Å²) in [6.07, 6.45) is 2.36. The maximum Gasteiger partial charge on any atom is 0.303 e. The van der Waals surface area contributed by atoms with Crippen LogP contribution >= 0.6 is 15.9 Å². The highest BCUT2D eigenvalue weighted by atomic mass is 79.9. The van der Waals surface area contributed by atoms with E-state index in [0.717, 1.165) is 6.42 Å². The van der Waals surface area contributed by atoms with Crippen LogP contribution in [0, 0.1) is 5.82 Å². The Kier molecular flexibility index (Phi) is 3.02. The van der Waals surface area contributed by atoms with Crippen LogP contribution in [0.3, 0.4) is 0 Å². The van der Waals surface area contributed by atoms with E-state index >= 15 is 0 Å². The first-order valence-electron chi connectivity index (χ1n) is 5.19. The Balaban J connectivity index is 2.36. The van der Waals surface area contributed by atoms with E-state index in [1.807, 2.05) is 0 Å². The molecule has 1 aliphatic carbocycles. The minimum absolute atomic E-state index is 0.324. The van der Waals surface area contributed by atoms with Crippen LogP contribution in [0.15, 0.2) is 22.7 Å². The lowest BCUT2D eigenvalue weighted by Gasteiger charge is -2.41. The van der Waals surface area contributed by atoms with Gasteiger partial charge in [-0.3, -0.25) is 4.79 Å². The molecule has 1 saturated carbocycles. The molecule has 86 valence electrons. The van der Waals surface area contributed by atoms with E-state index in [-0.39, 0.29) is 11.8 Å². The minimum Gasteiger partial charge on any atom is -0.454 e. The Labute approximate surface area is 102 Å². The van der Waals surface area contributed by atoms with Crippen LogP contribution in [-0.4, -0.2) is 5.97 Å². The summed E-state index contributed by atoms with van der Waals surface area (Å²) in [5.41, 5.74) is -0.242. The smallest absolute Gasteiger partial charge is 0.303 e. The molecule has 4 heteroatoms. The molecular formula is C12H12BrFO2. The van der Waals surface area contributed by atoms with Crippen molar-refractivity contribution in [1.82, 2.24) is 0 Å². The average Bonchev–Trinajstić information content (AvgIpc) is 2.12. The highest BCUT2D eigenvalue weighted by Gasteiger charge is 2.43. The van der Waals surface area contributed by atoms with Gasteiger partial charge in [0, 0.05) is 17.0 Å². The van der Waals surface area contributed by atoms with Gasteiger partial charge >= 0.3 is 5.97 Å². The summed E-state index contributed by atoms with van der Waals surface area (Å²) < 4.78 is 19.8. The molecule has 0 atom stereocenters. The monoisotopic (exact) mass is 286 g/mol. The van der Waals surface area contributed by atoms with Crippen molar-refractivity contribution >= 4 is 21.9 Å². The summed E-state index contributed by atoms with van der Waals surface area (Å²) in [4.78, 5) is 11.0. The number of hydrogen-bond acceptors (Lipinski definition) is 2. The van der Waals surface area contributed by atoms with Gasteiger partial charge in [0.15, 0.2) is 0 Å². The third kappa shape index (κ3) is 1.98. The molecule has 0 amide bonds. The minimum atomic E-state index is -0.726. The Bertz CT molecular complexity index is 427. The van der Waals surface area contributed by atoms with Crippen LogP contribution in [0.2, 0.25) is 0 Å². The Morgan fingerprint density at radius 1 is 1.50 bits per heavy atom. The SMILES string of the molecule is CC(=O)OC1(c2ccc(Br)cc2F)CCC1. The van der Waals surface area contributed by atoms with Crippen LogP contribution in [0.4, 0.5) is 4.39 Å². The molecule has 0 saturated heterocycles. The van der Waals surface area contributed by atoms with Crippen molar-refractivity contribution in [3.63, 3.8) is 0 Å². The summed E-state index contributed by atoms with van der Waals surface area (Å²) in [5, 5.41) is 0. The number of ether oxygens (including phenoxy) is 1. The van der Waals surface area contributed by atoms with Gasteiger partial charge in [0.1, 0.15) is 11.4 Å². The molecule has 1 aromatic carbocycles. The first-order valence-corrected chi connectivity index (χ1v) is 5.98. The molecule has 0 bridgehead atoms. The molecule has 2 rings (SSSR count). The number of halogens is 2. The molecule has 1 fully saturated rings. The topological polar surface area (TPSA) is 26.3 Å². The number of hydrogen-bond donors (Lipinski definition) is 0. The second-order valence-corrected chi connectivity index (χ2v) is 4.98. The quantitative estimate of drug-likeness (QED) is 0.778. The third-order valence-electron chi connectivity index (χ3n) is 2.92. The maximum absolute atomic E-state index is 13.8. The molecule has 0 radical (unpaired) electrons. The van der Waals surface area contributed by atoms with Crippen molar-refractivity contribution in [3.05, 3.63) is 34.1 Å². The van der Waals surface area contributed by atoms with Gasteiger partial charge in [-0.2, -0.15) is 0 Å². The van der Waals surface area contributed by atoms with E-state index in [4.69, 9.17) is 4.74 Å². The van der Waals surface area contributed by atoms with Crippen LogP contribution in [0.1, 0.15) is 31.7 Å². The van der Waals surface area contributed by atoms with E-state index in [1.165, 1.54) is 13.0 Å². The lowest BCUT2D eigenvalue weighted by atomic mass is 9.74. The highest BCUT2D eigenvalue weighted by Crippen LogP contribution is 2.46. The summed E-state index contributed by atoms with van der Waals surface area (Å²) in [5.74, 6) is -0.683. The van der Waals surface area contributed by atoms with Gasteiger partial charge < -0.3 is 4.74 Å². The molecule has 0 aliphatic heterocycles. The fourth-order valence-corrected chi connectivity index (χ4v) is 2.39. The molecular weight excluding hydrogens is 275 g/mol. The van der Waals surface area contributed by atoms with Crippen LogP contribution in [-0.2, 0) is 15.1 Å². The first kappa shape index (κ1) is 11.6. The van der Waals surface area contributed by atoms with E-state index in [9.17, 15) is 9.18 Å². The van der Waals surface area contributed by atoms with Gasteiger partial charge in [-0.15, -0.1) is 0 Å². The van der Waals surface area contributed by atoms with E-state index < -0.39 is 5.60 Å². The highest BCUT2D eigenvalue weighted by molar-refractivity contribution is 9.10. The van der Waals surface area contributed by atoms with Crippen molar-refractivity contribution < 1.29 is 13.9 Å². The number of carbonyl (C=O) groups excluding carboxylic acids is 1. The number of benzene rings is 1. The molecule has 0 N–H and O–H groups in total. The standard InChI is InChI=1S/C12H12BrFO2/c1-8(15)16-12(5-2-6-12)10-4-3-9(13)7-11(10)14/h3-4,7H,2,5-6H2,1H3. The Morgan fingerprint density at radius 2 is 2.19 bits per heavy atom. The van der Waals surface area contributed by atoms with Crippen molar-refractivity contribution in [3.8, 4) is 0 Å². The van der Waals surface area contributed by atoms with Gasteiger partial charge in [0.2, 0.25) is 0 Å². The molecule has 0 aromatic heterocycles. The zero-order chi connectivity index (χ0) is 11.8. The summed E-state index contributed by atoms with van der Waals surface area (Å²) in [6.45, 7) is 1.36. The average molecular weight is 287 g/mol. The predicted molar refractivity (Wildman–Crippen MR) is 61.4 cm³/mol. The van der Waals surface area contributed by atoms with Gasteiger partial charge in [-0.1, -0.05) is 22.0 Å². The first-order chi connectivity index (χ1) is 7.53. The van der Waals surface area contributed by atoms with Gasteiger partial charge in [-0.25, -0.2) is 4.39 Å². The normalized spacial score (nSPS) is 17.7. The molecule has 0 heterocycles. The summed E-state index contributed by atoms with van der Waals surface area (Å²) in [7, 11) is 0. The molecule has 0 unspecified atom stereocenters. The molecule has 1 aromatic rings. The van der Waals surface area contributed by atoms with Crippen LogP contribution in [0.5, 0.6) is 0 Å². The number of esters is 1. The lowest BCUT2D eigenvalue weighted by molar-refractivity contribution is -0.169. The van der Waals surface area contributed by atoms with Crippen molar-refractivity contribution in [2.75, 3.05) is 0 Å². The van der Waals surface area contributed by atoms with Gasteiger partial charge in [-0.05, 0) is 31.4 Å². The number of carbonyl (C=O) groups is 1. The fourth-order valence-electron chi connectivity index (χ4n) is 2.06. The summed E-state index contributed by atoms with van der Waals surface area (Å²) >= 11 is 3.21.